The van der Waals surface area contributed by atoms with E-state index in [-0.39, 0.29) is 0 Å². The monoisotopic (exact) mass is 300 g/mol. The molecule has 0 aliphatic heterocycles. The van der Waals surface area contributed by atoms with E-state index in [0.717, 1.165) is 22.5 Å². The summed E-state index contributed by atoms with van der Waals surface area (Å²) in [6.45, 7) is 2.02. The summed E-state index contributed by atoms with van der Waals surface area (Å²) in [5.74, 6) is 6.52. The van der Waals surface area contributed by atoms with Crippen LogP contribution in [-0.2, 0) is 13.5 Å². The van der Waals surface area contributed by atoms with Crippen molar-refractivity contribution >= 4 is 15.9 Å². The molecule has 1 aromatic heterocycles. The molecule has 2 rings (SSSR count). The van der Waals surface area contributed by atoms with Crippen molar-refractivity contribution < 1.29 is 0 Å². The van der Waals surface area contributed by atoms with Gasteiger partial charge in [0, 0.05) is 19.5 Å². The third-order valence-corrected chi connectivity index (χ3v) is 4.81. The van der Waals surface area contributed by atoms with Crippen LogP contribution in [-0.4, -0.2) is 15.8 Å². The van der Waals surface area contributed by atoms with E-state index >= 15 is 0 Å². The fourth-order valence-corrected chi connectivity index (χ4v) is 2.97. The third kappa shape index (κ3) is 2.89. The van der Waals surface area contributed by atoms with Gasteiger partial charge in [0.05, 0.1) is 15.9 Å². The van der Waals surface area contributed by atoms with Gasteiger partial charge in [-0.05, 0) is 35.2 Å². The molecule has 3 N–H and O–H groups in total. The fourth-order valence-electron chi connectivity index (χ4n) is 2.48. The van der Waals surface area contributed by atoms with Gasteiger partial charge in [-0.25, -0.2) is 0 Å². The van der Waals surface area contributed by atoms with Crippen molar-refractivity contribution in [3.63, 3.8) is 0 Å². The minimum absolute atomic E-state index is 0.353. The van der Waals surface area contributed by atoms with Gasteiger partial charge in [0.1, 0.15) is 0 Å². The van der Waals surface area contributed by atoms with Gasteiger partial charge in [0.25, 0.3) is 0 Å². The second-order valence-corrected chi connectivity index (χ2v) is 5.86. The highest BCUT2D eigenvalue weighted by Crippen LogP contribution is 2.31. The molecule has 1 saturated carbocycles. The second-order valence-electron chi connectivity index (χ2n) is 5.07. The second kappa shape index (κ2) is 5.50. The number of nitrogens with zero attached hydrogens (tertiary/aromatic N) is 2. The SMILES string of the molecule is Cc1nn(C)c(CC(CC2CCC2)NN)c1Br. The molecule has 1 unspecified atom stereocenters. The Morgan fingerprint density at radius 3 is 2.71 bits per heavy atom. The number of nitrogens with two attached hydrogens (primary N) is 1. The van der Waals surface area contributed by atoms with Crippen molar-refractivity contribution in [2.75, 3.05) is 0 Å². The number of hydrogen-bond donors (Lipinski definition) is 2. The summed E-state index contributed by atoms with van der Waals surface area (Å²) in [4.78, 5) is 0. The number of nitrogens with one attached hydrogen (secondary N) is 1. The molecule has 1 aliphatic rings. The lowest BCUT2D eigenvalue weighted by Crippen LogP contribution is -2.39. The number of hydrazine groups is 1. The van der Waals surface area contributed by atoms with Crippen molar-refractivity contribution in [3.05, 3.63) is 15.9 Å². The number of halogens is 1. The molecule has 96 valence electrons. The Morgan fingerprint density at radius 2 is 2.29 bits per heavy atom. The molecule has 0 bridgehead atoms. The third-order valence-electron chi connectivity index (χ3n) is 3.78. The lowest BCUT2D eigenvalue weighted by Gasteiger charge is -2.29. The van der Waals surface area contributed by atoms with E-state index in [1.54, 1.807) is 0 Å². The molecule has 0 amide bonds. The number of rotatable bonds is 5. The summed E-state index contributed by atoms with van der Waals surface area (Å²) < 4.78 is 3.07. The average Bonchev–Trinajstić information content (AvgIpc) is 2.47. The van der Waals surface area contributed by atoms with Gasteiger partial charge < -0.3 is 0 Å². The highest BCUT2D eigenvalue weighted by Gasteiger charge is 2.23. The highest BCUT2D eigenvalue weighted by molar-refractivity contribution is 9.10. The predicted octanol–water partition coefficient (Wildman–Crippen LogP) is 2.06. The topological polar surface area (TPSA) is 55.9 Å². The smallest absolute Gasteiger partial charge is 0.0738 e. The van der Waals surface area contributed by atoms with E-state index in [0.29, 0.717) is 6.04 Å². The summed E-state index contributed by atoms with van der Waals surface area (Å²) in [5.41, 5.74) is 5.22. The first kappa shape index (κ1) is 13.1. The summed E-state index contributed by atoms with van der Waals surface area (Å²) >= 11 is 3.60. The molecule has 5 heteroatoms. The van der Waals surface area contributed by atoms with E-state index in [1.165, 1.54) is 31.4 Å². The Bertz CT molecular complexity index is 384. The molecular formula is C12H21BrN4. The Balaban J connectivity index is 2.01. The summed E-state index contributed by atoms with van der Waals surface area (Å²) in [7, 11) is 1.99. The maximum absolute atomic E-state index is 5.66. The quantitative estimate of drug-likeness (QED) is 0.646. The maximum atomic E-state index is 5.66. The van der Waals surface area contributed by atoms with Crippen molar-refractivity contribution in [3.8, 4) is 0 Å². The molecule has 17 heavy (non-hydrogen) atoms. The van der Waals surface area contributed by atoms with Crippen LogP contribution in [0.4, 0.5) is 0 Å². The van der Waals surface area contributed by atoms with Crippen LogP contribution in [0, 0.1) is 12.8 Å². The van der Waals surface area contributed by atoms with E-state index in [2.05, 4.69) is 26.5 Å². The maximum Gasteiger partial charge on any atom is 0.0738 e. The van der Waals surface area contributed by atoms with Crippen molar-refractivity contribution in [1.82, 2.24) is 15.2 Å². The average molecular weight is 301 g/mol. The molecular weight excluding hydrogens is 280 g/mol. The standard InChI is InChI=1S/C12H21BrN4/c1-8-12(13)11(17(2)16-8)7-10(15-14)6-9-4-3-5-9/h9-10,15H,3-7,14H2,1-2H3. The Hall–Kier alpha value is -0.390. The molecule has 0 spiro atoms. The first-order valence-corrected chi connectivity index (χ1v) is 7.05. The van der Waals surface area contributed by atoms with Crippen molar-refractivity contribution in [2.45, 2.75) is 45.1 Å². The van der Waals surface area contributed by atoms with Crippen molar-refractivity contribution in [2.24, 2.45) is 18.8 Å². The van der Waals surface area contributed by atoms with Crippen molar-refractivity contribution in [1.29, 1.82) is 0 Å². The van der Waals surface area contributed by atoms with Gasteiger partial charge in [0.15, 0.2) is 0 Å². The molecule has 1 aromatic rings. The van der Waals surface area contributed by atoms with Gasteiger partial charge in [0.2, 0.25) is 0 Å². The van der Waals surface area contributed by atoms with Crippen LogP contribution in [0.2, 0.25) is 0 Å². The van der Waals surface area contributed by atoms with Crippen LogP contribution in [0.1, 0.15) is 37.1 Å². The van der Waals surface area contributed by atoms with Crippen LogP contribution in [0.5, 0.6) is 0 Å². The predicted molar refractivity (Wildman–Crippen MR) is 72.4 cm³/mol. The number of aromatic nitrogens is 2. The number of aryl methyl sites for hydroxylation is 2. The Morgan fingerprint density at radius 1 is 1.59 bits per heavy atom. The largest absolute Gasteiger partial charge is 0.271 e. The van der Waals surface area contributed by atoms with Gasteiger partial charge in [-0.2, -0.15) is 5.10 Å². The molecule has 0 saturated heterocycles. The Labute approximate surface area is 111 Å². The lowest BCUT2D eigenvalue weighted by molar-refractivity contribution is 0.258. The Kier molecular flexibility index (Phi) is 4.22. The zero-order valence-electron chi connectivity index (χ0n) is 10.5. The zero-order valence-corrected chi connectivity index (χ0v) is 12.1. The first-order valence-electron chi connectivity index (χ1n) is 6.26. The highest BCUT2D eigenvalue weighted by atomic mass is 79.9. The first-order chi connectivity index (χ1) is 8.11. The molecule has 0 aromatic carbocycles. The lowest BCUT2D eigenvalue weighted by atomic mass is 9.80. The van der Waals surface area contributed by atoms with Crippen LogP contribution < -0.4 is 11.3 Å². The van der Waals surface area contributed by atoms with Gasteiger partial charge in [-0.3, -0.25) is 16.0 Å². The van der Waals surface area contributed by atoms with Crippen LogP contribution in [0.25, 0.3) is 0 Å². The minimum Gasteiger partial charge on any atom is -0.271 e. The van der Waals surface area contributed by atoms with E-state index < -0.39 is 0 Å². The zero-order chi connectivity index (χ0) is 12.4. The molecule has 1 fully saturated rings. The van der Waals surface area contributed by atoms with Gasteiger partial charge >= 0.3 is 0 Å². The van der Waals surface area contributed by atoms with E-state index in [4.69, 9.17) is 5.84 Å². The molecule has 4 nitrogen and oxygen atoms in total. The molecule has 1 aliphatic carbocycles. The number of hydrogen-bond acceptors (Lipinski definition) is 3. The van der Waals surface area contributed by atoms with E-state index in [1.807, 2.05) is 18.7 Å². The molecule has 1 heterocycles. The van der Waals surface area contributed by atoms with Gasteiger partial charge in [-0.1, -0.05) is 19.3 Å². The summed E-state index contributed by atoms with van der Waals surface area (Å²) in [5, 5.41) is 4.41. The fraction of sp³-hybridized carbons (Fsp3) is 0.750. The molecule has 1 atom stereocenters. The van der Waals surface area contributed by atoms with Gasteiger partial charge in [-0.15, -0.1) is 0 Å². The van der Waals surface area contributed by atoms with Crippen LogP contribution in [0.15, 0.2) is 4.47 Å². The summed E-state index contributed by atoms with van der Waals surface area (Å²) in [6.07, 6.45) is 6.22. The summed E-state index contributed by atoms with van der Waals surface area (Å²) in [6, 6.07) is 0.353. The van der Waals surface area contributed by atoms with Crippen LogP contribution in [0.3, 0.4) is 0 Å². The minimum atomic E-state index is 0.353. The normalized spacial score (nSPS) is 18.1. The van der Waals surface area contributed by atoms with E-state index in [9.17, 15) is 0 Å². The van der Waals surface area contributed by atoms with Crippen LogP contribution >= 0.6 is 15.9 Å². The molecule has 0 radical (unpaired) electrons.